The SMILES string of the molecule is CCNC(=NCc1ccc(OCCN(CC)CC)c(OC)c1)NCCC(F)(F)F.I. The predicted octanol–water partition coefficient (Wildman–Crippen LogP) is 4.04. The molecule has 0 atom stereocenters. The van der Waals surface area contributed by atoms with Crippen LogP contribution in [-0.2, 0) is 6.54 Å². The number of ether oxygens (including phenoxy) is 2. The number of methoxy groups -OCH3 is 1. The van der Waals surface area contributed by atoms with E-state index in [2.05, 4.69) is 34.4 Å². The van der Waals surface area contributed by atoms with Crippen LogP contribution < -0.4 is 20.1 Å². The lowest BCUT2D eigenvalue weighted by Gasteiger charge is -2.19. The molecule has 0 amide bonds. The average molecular weight is 546 g/mol. The number of aliphatic imine (C=N–C) groups is 1. The fourth-order valence-electron chi connectivity index (χ4n) is 2.59. The molecule has 0 saturated carbocycles. The quantitative estimate of drug-likeness (QED) is 0.236. The molecule has 0 aromatic heterocycles. The van der Waals surface area contributed by atoms with Crippen molar-refractivity contribution in [1.29, 1.82) is 0 Å². The molecule has 1 rings (SSSR count). The first-order valence-corrected chi connectivity index (χ1v) is 9.93. The van der Waals surface area contributed by atoms with E-state index in [0.29, 0.717) is 37.2 Å². The van der Waals surface area contributed by atoms with Crippen LogP contribution in [-0.4, -0.2) is 63.5 Å². The highest BCUT2D eigenvalue weighted by Crippen LogP contribution is 2.28. The van der Waals surface area contributed by atoms with Crippen molar-refractivity contribution in [3.8, 4) is 11.5 Å². The van der Waals surface area contributed by atoms with Gasteiger partial charge in [0.1, 0.15) is 6.61 Å². The number of guanidine groups is 1. The van der Waals surface area contributed by atoms with Gasteiger partial charge in [-0.05, 0) is 37.7 Å². The monoisotopic (exact) mass is 546 g/mol. The fraction of sp³-hybridized carbons (Fsp3) is 0.650. The number of likely N-dealkylation sites (N-methyl/N-ethyl adjacent to an activating group) is 1. The van der Waals surface area contributed by atoms with Gasteiger partial charge in [-0.2, -0.15) is 13.2 Å². The van der Waals surface area contributed by atoms with Gasteiger partial charge in [0.25, 0.3) is 0 Å². The van der Waals surface area contributed by atoms with Crippen molar-refractivity contribution >= 4 is 29.9 Å². The average Bonchev–Trinajstić information content (AvgIpc) is 2.69. The van der Waals surface area contributed by atoms with E-state index in [1.807, 2.05) is 25.1 Å². The van der Waals surface area contributed by atoms with E-state index in [4.69, 9.17) is 9.47 Å². The van der Waals surface area contributed by atoms with Gasteiger partial charge in [-0.3, -0.25) is 0 Å². The summed E-state index contributed by atoms with van der Waals surface area (Å²) in [7, 11) is 1.57. The first-order valence-electron chi connectivity index (χ1n) is 9.93. The van der Waals surface area contributed by atoms with Crippen LogP contribution in [0, 0.1) is 0 Å². The second kappa shape index (κ2) is 15.4. The third kappa shape index (κ3) is 11.7. The Kier molecular flexibility index (Phi) is 14.7. The van der Waals surface area contributed by atoms with E-state index in [1.54, 1.807) is 7.11 Å². The van der Waals surface area contributed by atoms with Crippen LogP contribution in [0.1, 0.15) is 32.8 Å². The molecule has 0 aliphatic carbocycles. The van der Waals surface area contributed by atoms with Gasteiger partial charge in [-0.1, -0.05) is 19.9 Å². The van der Waals surface area contributed by atoms with Crippen LogP contribution in [0.2, 0.25) is 0 Å². The Balaban J connectivity index is 0.00000841. The second-order valence-electron chi connectivity index (χ2n) is 6.35. The van der Waals surface area contributed by atoms with Crippen molar-refractivity contribution in [3.05, 3.63) is 23.8 Å². The highest BCUT2D eigenvalue weighted by atomic mass is 127. The van der Waals surface area contributed by atoms with E-state index in [0.717, 1.165) is 25.2 Å². The van der Waals surface area contributed by atoms with Crippen LogP contribution in [0.25, 0.3) is 0 Å². The van der Waals surface area contributed by atoms with Crippen LogP contribution >= 0.6 is 24.0 Å². The molecule has 0 bridgehead atoms. The molecule has 0 heterocycles. The van der Waals surface area contributed by atoms with Gasteiger partial charge in [0.15, 0.2) is 17.5 Å². The zero-order valence-corrected chi connectivity index (χ0v) is 20.5. The number of benzene rings is 1. The standard InChI is InChI=1S/C20H33F3N4O2.HI/c1-5-24-19(25-11-10-20(21,22)23)26-15-16-8-9-17(18(14-16)28-4)29-13-12-27(6-2)7-3;/h8-9,14H,5-7,10-13,15H2,1-4H3,(H2,24,25,26);1H. The van der Waals surface area contributed by atoms with E-state index >= 15 is 0 Å². The number of rotatable bonds is 12. The van der Waals surface area contributed by atoms with Gasteiger partial charge in [-0.25, -0.2) is 4.99 Å². The molecule has 0 saturated heterocycles. The predicted molar refractivity (Wildman–Crippen MR) is 125 cm³/mol. The van der Waals surface area contributed by atoms with Crippen molar-refractivity contribution in [1.82, 2.24) is 15.5 Å². The number of hydrogen-bond acceptors (Lipinski definition) is 4. The van der Waals surface area contributed by atoms with Gasteiger partial charge >= 0.3 is 6.18 Å². The lowest BCUT2D eigenvalue weighted by atomic mass is 10.2. The Morgan fingerprint density at radius 1 is 1.10 bits per heavy atom. The third-order valence-corrected chi connectivity index (χ3v) is 4.25. The molecule has 174 valence electrons. The van der Waals surface area contributed by atoms with Crippen molar-refractivity contribution in [3.63, 3.8) is 0 Å². The molecule has 0 aliphatic rings. The number of nitrogens with one attached hydrogen (secondary N) is 2. The van der Waals surface area contributed by atoms with Crippen molar-refractivity contribution < 1.29 is 22.6 Å². The summed E-state index contributed by atoms with van der Waals surface area (Å²) in [6.45, 7) is 10.0. The Hall–Kier alpha value is -1.43. The Labute approximate surface area is 194 Å². The minimum Gasteiger partial charge on any atom is -0.493 e. The molecule has 0 spiro atoms. The summed E-state index contributed by atoms with van der Waals surface area (Å²) in [4.78, 5) is 6.61. The summed E-state index contributed by atoms with van der Waals surface area (Å²) in [6.07, 6.45) is -5.11. The summed E-state index contributed by atoms with van der Waals surface area (Å²) in [6, 6.07) is 5.53. The summed E-state index contributed by atoms with van der Waals surface area (Å²) >= 11 is 0. The number of hydrogen-bond donors (Lipinski definition) is 2. The molecule has 0 radical (unpaired) electrons. The molecule has 0 fully saturated rings. The Morgan fingerprint density at radius 3 is 2.37 bits per heavy atom. The summed E-state index contributed by atoms with van der Waals surface area (Å²) in [5.41, 5.74) is 0.867. The Morgan fingerprint density at radius 2 is 1.80 bits per heavy atom. The normalized spacial score (nSPS) is 11.8. The maximum absolute atomic E-state index is 12.3. The number of alkyl halides is 3. The van der Waals surface area contributed by atoms with Crippen molar-refractivity contribution in [2.24, 2.45) is 4.99 Å². The van der Waals surface area contributed by atoms with Gasteiger partial charge in [0, 0.05) is 19.6 Å². The van der Waals surface area contributed by atoms with E-state index < -0.39 is 12.6 Å². The first kappa shape index (κ1) is 28.6. The first-order chi connectivity index (χ1) is 13.8. The maximum Gasteiger partial charge on any atom is 0.390 e. The topological polar surface area (TPSA) is 58.1 Å². The lowest BCUT2D eigenvalue weighted by Crippen LogP contribution is -2.38. The van der Waals surface area contributed by atoms with Gasteiger partial charge in [0.2, 0.25) is 0 Å². The van der Waals surface area contributed by atoms with Crippen LogP contribution in [0.5, 0.6) is 11.5 Å². The highest BCUT2D eigenvalue weighted by Gasteiger charge is 2.26. The lowest BCUT2D eigenvalue weighted by molar-refractivity contribution is -0.132. The summed E-state index contributed by atoms with van der Waals surface area (Å²) in [5, 5.41) is 5.63. The largest absolute Gasteiger partial charge is 0.493 e. The second-order valence-corrected chi connectivity index (χ2v) is 6.35. The maximum atomic E-state index is 12.3. The highest BCUT2D eigenvalue weighted by molar-refractivity contribution is 14.0. The molecule has 10 heteroatoms. The number of halogens is 4. The van der Waals surface area contributed by atoms with Crippen LogP contribution in [0.4, 0.5) is 13.2 Å². The summed E-state index contributed by atoms with van der Waals surface area (Å²) < 4.78 is 48.2. The van der Waals surface area contributed by atoms with Crippen LogP contribution in [0.15, 0.2) is 23.2 Å². The molecule has 0 aliphatic heterocycles. The number of nitrogens with zero attached hydrogens (tertiary/aromatic N) is 2. The Bertz CT molecular complexity index is 627. The van der Waals surface area contributed by atoms with E-state index in [1.165, 1.54) is 0 Å². The fourth-order valence-corrected chi connectivity index (χ4v) is 2.59. The molecule has 30 heavy (non-hydrogen) atoms. The summed E-state index contributed by atoms with van der Waals surface area (Å²) in [5.74, 6) is 1.60. The molecule has 1 aromatic carbocycles. The molecule has 1 aromatic rings. The van der Waals surface area contributed by atoms with E-state index in [9.17, 15) is 13.2 Å². The van der Waals surface area contributed by atoms with Crippen LogP contribution in [0.3, 0.4) is 0 Å². The van der Waals surface area contributed by atoms with E-state index in [-0.39, 0.29) is 30.5 Å². The molecule has 6 nitrogen and oxygen atoms in total. The molecular weight excluding hydrogens is 512 g/mol. The third-order valence-electron chi connectivity index (χ3n) is 4.25. The van der Waals surface area contributed by atoms with Gasteiger partial charge in [0.05, 0.1) is 20.1 Å². The van der Waals surface area contributed by atoms with Crippen molar-refractivity contribution in [2.75, 3.05) is 46.4 Å². The minimum absolute atomic E-state index is 0. The smallest absolute Gasteiger partial charge is 0.390 e. The van der Waals surface area contributed by atoms with Gasteiger partial charge < -0.3 is 25.0 Å². The minimum atomic E-state index is -4.20. The van der Waals surface area contributed by atoms with Gasteiger partial charge in [-0.15, -0.1) is 24.0 Å². The van der Waals surface area contributed by atoms with Crippen molar-refractivity contribution in [2.45, 2.75) is 39.9 Å². The molecule has 2 N–H and O–H groups in total. The zero-order chi connectivity index (χ0) is 21.7. The molecular formula is C20H34F3IN4O2. The molecule has 0 unspecified atom stereocenters. The zero-order valence-electron chi connectivity index (χ0n) is 18.1.